The van der Waals surface area contributed by atoms with Gasteiger partial charge in [0.15, 0.2) is 0 Å². The topological polar surface area (TPSA) is 32.6 Å². The Morgan fingerprint density at radius 1 is 0.322 bits per heavy atom. The van der Waals surface area contributed by atoms with E-state index in [4.69, 9.17) is 4.98 Å². The van der Waals surface area contributed by atoms with Crippen molar-refractivity contribution in [3.63, 3.8) is 0 Å². The average molecular weight is 756 g/mol. The van der Waals surface area contributed by atoms with Gasteiger partial charge in [0.1, 0.15) is 11.6 Å². The minimum Gasteiger partial charge on any atom is -0.314 e. The maximum Gasteiger partial charge on any atom is 0.142 e. The van der Waals surface area contributed by atoms with Crippen LogP contribution in [-0.4, -0.2) is 23.3 Å². The van der Waals surface area contributed by atoms with Crippen molar-refractivity contribution in [2.45, 2.75) is 6.92 Å². The number of benzene rings is 7. The highest BCUT2D eigenvalue weighted by Crippen LogP contribution is 2.39. The number of pyridine rings is 1. The highest BCUT2D eigenvalue weighted by molar-refractivity contribution is 6.18. The lowest BCUT2D eigenvalue weighted by Crippen LogP contribution is -2.07. The van der Waals surface area contributed by atoms with Crippen LogP contribution in [-0.2, 0) is 0 Å². The maximum atomic E-state index is 5.65. The van der Waals surface area contributed by atoms with Crippen LogP contribution in [0.15, 0.2) is 206 Å². The van der Waals surface area contributed by atoms with E-state index in [1.54, 1.807) is 0 Å². The summed E-state index contributed by atoms with van der Waals surface area (Å²) in [6, 6.07) is 71.9. The fourth-order valence-electron chi connectivity index (χ4n) is 9.42. The van der Waals surface area contributed by atoms with Crippen molar-refractivity contribution >= 4 is 76.3 Å². The second kappa shape index (κ2) is 13.1. The van der Waals surface area contributed by atoms with Gasteiger partial charge in [-0.15, -0.1) is 0 Å². The van der Waals surface area contributed by atoms with Gasteiger partial charge in [0.05, 0.1) is 44.3 Å². The van der Waals surface area contributed by atoms with Crippen molar-refractivity contribution in [3.8, 4) is 23.0 Å². The maximum absolute atomic E-state index is 5.65. The molecule has 5 heteroatoms. The molecule has 0 aliphatic heterocycles. The summed E-state index contributed by atoms with van der Waals surface area (Å²) in [7, 11) is 0. The smallest absolute Gasteiger partial charge is 0.142 e. The van der Waals surface area contributed by atoms with Crippen molar-refractivity contribution in [2.24, 2.45) is 0 Å². The Morgan fingerprint density at radius 2 is 0.729 bits per heavy atom. The third-order valence-electron chi connectivity index (χ3n) is 12.0. The van der Waals surface area contributed by atoms with Crippen LogP contribution in [0.2, 0.25) is 0 Å². The number of hydrogen-bond acceptors (Lipinski definition) is 1. The second-order valence-corrected chi connectivity index (χ2v) is 15.3. The monoisotopic (exact) mass is 755 g/mol. The van der Waals surface area contributed by atoms with E-state index < -0.39 is 0 Å². The van der Waals surface area contributed by atoms with Crippen molar-refractivity contribution in [1.82, 2.24) is 23.3 Å². The largest absolute Gasteiger partial charge is 0.314 e. The van der Waals surface area contributed by atoms with Crippen LogP contribution in [0.3, 0.4) is 0 Å². The summed E-state index contributed by atoms with van der Waals surface area (Å²) >= 11 is 0. The Bertz CT molecular complexity index is 3450. The molecule has 59 heavy (non-hydrogen) atoms. The van der Waals surface area contributed by atoms with Crippen molar-refractivity contribution in [2.75, 3.05) is 0 Å². The molecular weight excluding hydrogens is 719 g/mol. The van der Waals surface area contributed by atoms with Gasteiger partial charge >= 0.3 is 0 Å². The van der Waals surface area contributed by atoms with E-state index in [1.165, 1.54) is 37.9 Å². The van der Waals surface area contributed by atoms with Crippen LogP contribution in [0.5, 0.6) is 0 Å². The summed E-state index contributed by atoms with van der Waals surface area (Å²) in [5, 5.41) is 8.35. The summed E-state index contributed by atoms with van der Waals surface area (Å²) in [5.74, 6) is 1.68. The number of nitrogens with zero attached hydrogens (tertiary/aromatic N) is 5. The van der Waals surface area contributed by atoms with Gasteiger partial charge in [-0.25, -0.2) is 4.98 Å². The zero-order valence-electron chi connectivity index (χ0n) is 32.4. The molecule has 5 nitrogen and oxygen atoms in total. The molecule has 5 aromatic heterocycles. The number of para-hydroxylation sites is 6. The Labute approximate surface area is 340 Å². The van der Waals surface area contributed by atoms with Gasteiger partial charge in [-0.1, -0.05) is 140 Å². The Kier molecular flexibility index (Phi) is 7.38. The summed E-state index contributed by atoms with van der Waals surface area (Å²) in [4.78, 5) is 5.65. The molecule has 0 spiro atoms. The summed E-state index contributed by atoms with van der Waals surface area (Å²) < 4.78 is 9.49. The van der Waals surface area contributed by atoms with Crippen LogP contribution >= 0.6 is 0 Å². The van der Waals surface area contributed by atoms with Crippen LogP contribution in [0.1, 0.15) is 5.56 Å². The Balaban J connectivity index is 1.30. The van der Waals surface area contributed by atoms with Crippen LogP contribution in [0.4, 0.5) is 0 Å². The molecule has 0 saturated heterocycles. The number of aryl methyl sites for hydroxylation is 1. The minimum absolute atomic E-state index is 0.838. The molecule has 0 N–H and O–H groups in total. The zero-order chi connectivity index (χ0) is 39.0. The first-order valence-corrected chi connectivity index (χ1v) is 20.1. The molecule has 0 amide bonds. The number of rotatable bonds is 4. The highest BCUT2D eigenvalue weighted by atomic mass is 15.1. The standard InChI is InChI=1S/C54H37N5/c1-36-18-4-3-17-33-56(53-39(36)31-32-45-44-25-11-12-26-46(44)57(54(45)53)37-19-5-2-6-20-37)38-34-51(58-47-27-13-7-21-40(47)41-22-8-14-28-48(41)58)55-52(35-38)59-49-29-15-9-23-42(49)43-24-10-16-30-50(43)59/h2-35H,1H3. The van der Waals surface area contributed by atoms with Crippen LogP contribution < -0.4 is 0 Å². The summed E-state index contributed by atoms with van der Waals surface area (Å²) in [6.45, 7) is 2.22. The second-order valence-electron chi connectivity index (χ2n) is 15.3. The molecule has 0 fully saturated rings. The number of fused-ring (bicyclic) bond motifs is 11. The Hall–Kier alpha value is -7.89. The quantitative estimate of drug-likeness (QED) is 0.176. The summed E-state index contributed by atoms with van der Waals surface area (Å²) in [6.07, 6.45) is 2.22. The molecule has 0 saturated carbocycles. The first kappa shape index (κ1) is 33.3. The lowest BCUT2D eigenvalue weighted by atomic mass is 10.1. The van der Waals surface area contributed by atoms with Crippen molar-refractivity contribution in [1.29, 1.82) is 0 Å². The molecule has 278 valence electrons. The molecule has 0 aliphatic carbocycles. The molecule has 0 unspecified atom stereocenters. The highest BCUT2D eigenvalue weighted by Gasteiger charge is 2.21. The van der Waals surface area contributed by atoms with Gasteiger partial charge in [-0.05, 0) is 61.0 Å². The van der Waals surface area contributed by atoms with Gasteiger partial charge < -0.3 is 9.13 Å². The van der Waals surface area contributed by atoms with E-state index in [0.717, 1.165) is 67.0 Å². The first-order chi connectivity index (χ1) is 29.2. The molecular formula is C54H37N5. The van der Waals surface area contributed by atoms with Gasteiger partial charge in [-0.2, -0.15) is 0 Å². The van der Waals surface area contributed by atoms with E-state index >= 15 is 0 Å². The molecule has 7 aromatic carbocycles. The molecule has 0 bridgehead atoms. The lowest BCUT2D eigenvalue weighted by Gasteiger charge is -2.18. The predicted molar refractivity (Wildman–Crippen MR) is 246 cm³/mol. The minimum atomic E-state index is 0.838. The first-order valence-electron chi connectivity index (χ1n) is 20.1. The van der Waals surface area contributed by atoms with Gasteiger partial charge in [0.25, 0.3) is 0 Å². The van der Waals surface area contributed by atoms with E-state index in [2.05, 4.69) is 232 Å². The predicted octanol–water partition coefficient (Wildman–Crippen LogP) is 13.7. The average Bonchev–Trinajstić information content (AvgIpc) is 3.95. The molecule has 5 heterocycles. The van der Waals surface area contributed by atoms with Crippen molar-refractivity contribution < 1.29 is 0 Å². The van der Waals surface area contributed by atoms with Gasteiger partial charge in [0.2, 0.25) is 0 Å². The third kappa shape index (κ3) is 5.01. The van der Waals surface area contributed by atoms with Gasteiger partial charge in [-0.3, -0.25) is 9.13 Å². The van der Waals surface area contributed by atoms with E-state index in [9.17, 15) is 0 Å². The van der Waals surface area contributed by atoms with E-state index in [0.29, 0.717) is 0 Å². The molecule has 12 rings (SSSR count). The number of hydrogen-bond donors (Lipinski definition) is 0. The van der Waals surface area contributed by atoms with E-state index in [1.807, 2.05) is 0 Å². The number of aromatic nitrogens is 5. The molecule has 12 aromatic rings. The summed E-state index contributed by atoms with van der Waals surface area (Å²) in [5.41, 5.74) is 11.1. The fourth-order valence-corrected chi connectivity index (χ4v) is 9.42. The van der Waals surface area contributed by atoms with Crippen LogP contribution in [0.25, 0.3) is 99.3 Å². The Morgan fingerprint density at radius 3 is 1.25 bits per heavy atom. The van der Waals surface area contributed by atoms with Crippen LogP contribution in [0, 0.1) is 6.92 Å². The zero-order valence-corrected chi connectivity index (χ0v) is 32.4. The van der Waals surface area contributed by atoms with Crippen molar-refractivity contribution in [3.05, 3.63) is 212 Å². The van der Waals surface area contributed by atoms with E-state index in [-0.39, 0.29) is 0 Å². The molecule has 0 aliphatic rings. The molecule has 0 atom stereocenters. The molecule has 0 radical (unpaired) electrons. The SMILES string of the molecule is Cc1cccccn(-c2cc(-n3c4ccccc4c4ccccc43)nc(-n3c4ccccc4c4ccccc43)c2)c2c1ccc1c3ccccc3n(-c3ccccc3)c12. The van der Waals surface area contributed by atoms with Gasteiger partial charge in [0, 0.05) is 61.7 Å². The third-order valence-corrected chi connectivity index (χ3v) is 12.0. The lowest BCUT2D eigenvalue weighted by molar-refractivity contribution is 0.989. The normalized spacial score (nSPS) is 11.8. The fraction of sp³-hybridized carbons (Fsp3) is 0.0185.